The minimum atomic E-state index is -2.54. The van der Waals surface area contributed by atoms with Crippen LogP contribution < -0.4 is 0 Å². The van der Waals surface area contributed by atoms with Crippen LogP contribution in [-0.2, 0) is 5.41 Å². The Kier molecular flexibility index (Phi) is 10.7. The highest BCUT2D eigenvalue weighted by molar-refractivity contribution is 5.97. The summed E-state index contributed by atoms with van der Waals surface area (Å²) in [7, 11) is 0. The molecule has 2 aromatic heterocycles. The highest BCUT2D eigenvalue weighted by Gasteiger charge is 2.25. The molecule has 0 aliphatic rings. The lowest BCUT2D eigenvalue weighted by molar-refractivity contribution is 0.466. The first-order valence-corrected chi connectivity index (χ1v) is 22.8. The third-order valence-corrected chi connectivity index (χ3v) is 12.7. The molecule has 64 heavy (non-hydrogen) atoms. The van der Waals surface area contributed by atoms with E-state index in [1.54, 1.807) is 6.07 Å². The van der Waals surface area contributed by atoms with Crippen LogP contribution in [0.2, 0.25) is 0 Å². The summed E-state index contributed by atoms with van der Waals surface area (Å²) in [6, 6.07) is 41.4. The molecule has 2 heterocycles. The Morgan fingerprint density at radius 3 is 1.95 bits per heavy atom. The zero-order valence-electron chi connectivity index (χ0n) is 43.6. The zero-order valence-corrected chi connectivity index (χ0v) is 39.6. The normalized spacial score (nSPS) is 13.4. The van der Waals surface area contributed by atoms with Crippen LogP contribution in [0.5, 0.6) is 5.75 Å². The number of imidazole rings is 1. The number of pyridine rings is 1. The van der Waals surface area contributed by atoms with Crippen molar-refractivity contribution in [3.8, 4) is 67.5 Å². The van der Waals surface area contributed by atoms with E-state index in [2.05, 4.69) is 142 Å². The number of fused-ring (bicyclic) bond motifs is 1. The summed E-state index contributed by atoms with van der Waals surface area (Å²) < 4.78 is 38.1. The molecule has 0 atom stereocenters. The summed E-state index contributed by atoms with van der Waals surface area (Å²) in [4.78, 5) is 10.4. The summed E-state index contributed by atoms with van der Waals surface area (Å²) in [5, 5.41) is 12.3. The maximum Gasteiger partial charge on any atom is 0.149 e. The molecule has 4 nitrogen and oxygen atoms in total. The van der Waals surface area contributed by atoms with Crippen LogP contribution in [0.3, 0.4) is 0 Å². The number of phenols is 1. The number of phenolic OH excluding ortho intramolecular Hbond substituents is 1. The third kappa shape index (κ3) is 8.68. The van der Waals surface area contributed by atoms with Crippen molar-refractivity contribution in [3.63, 3.8) is 0 Å². The first-order chi connectivity index (χ1) is 31.9. The van der Waals surface area contributed by atoms with Gasteiger partial charge < -0.3 is 5.11 Å². The van der Waals surface area contributed by atoms with Crippen LogP contribution in [0.15, 0.2) is 128 Å². The molecule has 0 saturated heterocycles. The molecular weight excluding hydrogens is 779 g/mol. The van der Waals surface area contributed by atoms with Gasteiger partial charge in [0.1, 0.15) is 11.6 Å². The van der Waals surface area contributed by atoms with Gasteiger partial charge in [0, 0.05) is 22.8 Å². The Labute approximate surface area is 387 Å². The van der Waals surface area contributed by atoms with Crippen LogP contribution in [0, 0.1) is 13.8 Å². The van der Waals surface area contributed by atoms with E-state index in [1.165, 1.54) is 5.56 Å². The van der Waals surface area contributed by atoms with Crippen molar-refractivity contribution in [2.24, 2.45) is 0 Å². The second-order valence-corrected chi connectivity index (χ2v) is 19.8. The lowest BCUT2D eigenvalue weighted by Gasteiger charge is -2.22. The topological polar surface area (TPSA) is 50.9 Å². The summed E-state index contributed by atoms with van der Waals surface area (Å²) in [6.45, 7) is 22.6. The fraction of sp³-hybridized carbons (Fsp3) is 0.300. The van der Waals surface area contributed by atoms with Crippen molar-refractivity contribution >= 4 is 11.0 Å². The van der Waals surface area contributed by atoms with E-state index in [0.29, 0.717) is 28.1 Å². The Bertz CT molecular complexity index is 3180. The Morgan fingerprint density at radius 1 is 0.609 bits per heavy atom. The average molecular weight is 848 g/mol. The van der Waals surface area contributed by atoms with Gasteiger partial charge >= 0.3 is 0 Å². The summed E-state index contributed by atoms with van der Waals surface area (Å²) in [5.74, 6) is 0.0844. The fourth-order valence-electron chi connectivity index (χ4n) is 8.61. The van der Waals surface area contributed by atoms with Gasteiger partial charge in [0.2, 0.25) is 0 Å². The number of aryl methyl sites for hydroxylation is 2. The van der Waals surface area contributed by atoms with Crippen molar-refractivity contribution in [2.75, 3.05) is 0 Å². The molecule has 8 rings (SSSR count). The molecule has 1 N–H and O–H groups in total. The molecule has 0 aliphatic heterocycles. The van der Waals surface area contributed by atoms with E-state index in [9.17, 15) is 5.11 Å². The average Bonchev–Trinajstić information content (AvgIpc) is 3.67. The SMILES string of the molecule is [2H]C([2H])([2H])c1cc(-c2cc(C(C)C)cc(C([2H])(C)C)c2)ccc1-n1c(-c2cc(C(C)C)cc(C(C)C)c2O)nc2c(-c3cc(-c4cc(-c5ccc(C)cc5)ccn4)cc(C(C)(C)C)c3)cccc21. The van der Waals surface area contributed by atoms with E-state index < -0.39 is 12.7 Å². The molecule has 8 aromatic rings. The van der Waals surface area contributed by atoms with Gasteiger partial charge in [-0.3, -0.25) is 9.55 Å². The molecule has 326 valence electrons. The van der Waals surface area contributed by atoms with Crippen molar-refractivity contribution < 1.29 is 10.6 Å². The first kappa shape index (κ1) is 39.3. The van der Waals surface area contributed by atoms with Crippen LogP contribution in [0.1, 0.15) is 144 Å². The van der Waals surface area contributed by atoms with Gasteiger partial charge in [-0.2, -0.15) is 0 Å². The predicted molar refractivity (Wildman–Crippen MR) is 272 cm³/mol. The Hall–Kier alpha value is -6.26. The Morgan fingerprint density at radius 2 is 1.28 bits per heavy atom. The van der Waals surface area contributed by atoms with Crippen molar-refractivity contribution in [3.05, 3.63) is 166 Å². The van der Waals surface area contributed by atoms with Crippen LogP contribution >= 0.6 is 0 Å². The number of aromatic hydroxyl groups is 1. The van der Waals surface area contributed by atoms with Crippen molar-refractivity contribution in [1.29, 1.82) is 0 Å². The standard InChI is InChI=1S/C60H65N3O/c1-35(2)44-26-45(36(3)4)28-47(27-44)42-21-22-55(40(10)25-42)63-56-16-14-15-51(57(56)62-59(63)53-33-46(37(5)6)32-52(38(7)8)58(53)64)48-29-49(31-50(30-48)60(11,12)13)54-34-43(23-24-61-54)41-19-17-39(9)18-20-41/h14-38,64H,1-13H3/i10D3,35D. The molecule has 0 radical (unpaired) electrons. The summed E-state index contributed by atoms with van der Waals surface area (Å²) in [6.07, 6.45) is 1.87. The summed E-state index contributed by atoms with van der Waals surface area (Å²) >= 11 is 0. The molecule has 0 aliphatic carbocycles. The van der Waals surface area contributed by atoms with Gasteiger partial charge in [0.15, 0.2) is 0 Å². The lowest BCUT2D eigenvalue weighted by Crippen LogP contribution is -2.11. The van der Waals surface area contributed by atoms with Crippen LogP contribution in [0.4, 0.5) is 0 Å². The van der Waals surface area contributed by atoms with E-state index in [0.717, 1.165) is 72.5 Å². The number of aromatic nitrogens is 3. The molecule has 0 spiro atoms. The van der Waals surface area contributed by atoms with E-state index >= 15 is 0 Å². The molecule has 0 fully saturated rings. The number of para-hydroxylation sites is 1. The molecule has 0 bridgehead atoms. The molecule has 0 saturated carbocycles. The highest BCUT2D eigenvalue weighted by atomic mass is 16.3. The molecule has 0 unspecified atom stereocenters. The fourth-order valence-corrected chi connectivity index (χ4v) is 8.61. The van der Waals surface area contributed by atoms with E-state index in [1.807, 2.05) is 67.1 Å². The molecular formula is C60H65N3O. The number of hydrogen-bond donors (Lipinski definition) is 1. The van der Waals surface area contributed by atoms with Gasteiger partial charge in [0.25, 0.3) is 0 Å². The number of benzene rings is 6. The quantitative estimate of drug-likeness (QED) is 0.149. The van der Waals surface area contributed by atoms with Gasteiger partial charge in [-0.25, -0.2) is 4.98 Å². The number of hydrogen-bond acceptors (Lipinski definition) is 3. The predicted octanol–water partition coefficient (Wildman–Crippen LogP) is 16.9. The maximum atomic E-state index is 12.3. The largest absolute Gasteiger partial charge is 0.507 e. The number of nitrogens with zero attached hydrogens (tertiary/aromatic N) is 3. The first-order valence-electron chi connectivity index (χ1n) is 24.8. The zero-order chi connectivity index (χ0) is 49.2. The Balaban J connectivity index is 1.43. The molecule has 6 aromatic carbocycles. The van der Waals surface area contributed by atoms with Gasteiger partial charge in [-0.1, -0.05) is 155 Å². The maximum absolute atomic E-state index is 12.3. The lowest BCUT2D eigenvalue weighted by atomic mass is 9.83. The van der Waals surface area contributed by atoms with Gasteiger partial charge in [-0.05, 0) is 153 Å². The second-order valence-electron chi connectivity index (χ2n) is 19.8. The summed E-state index contributed by atoms with van der Waals surface area (Å²) in [5.41, 5.74) is 15.9. The van der Waals surface area contributed by atoms with E-state index in [-0.39, 0.29) is 34.5 Å². The van der Waals surface area contributed by atoms with Crippen LogP contribution in [-0.4, -0.2) is 19.6 Å². The highest BCUT2D eigenvalue weighted by Crippen LogP contribution is 2.44. The van der Waals surface area contributed by atoms with Crippen molar-refractivity contribution in [1.82, 2.24) is 14.5 Å². The monoisotopic (exact) mass is 848 g/mol. The number of rotatable bonds is 10. The van der Waals surface area contributed by atoms with Gasteiger partial charge in [0.05, 0.1) is 28.0 Å². The minimum absolute atomic E-state index is 0.00919. The third-order valence-electron chi connectivity index (χ3n) is 12.7. The van der Waals surface area contributed by atoms with Crippen molar-refractivity contribution in [2.45, 2.75) is 119 Å². The van der Waals surface area contributed by atoms with Crippen LogP contribution in [0.25, 0.3) is 72.7 Å². The second kappa shape index (κ2) is 17.4. The molecule has 0 amide bonds. The smallest absolute Gasteiger partial charge is 0.149 e. The molecule has 4 heteroatoms. The van der Waals surface area contributed by atoms with Gasteiger partial charge in [-0.15, -0.1) is 0 Å². The minimum Gasteiger partial charge on any atom is -0.507 e. The van der Waals surface area contributed by atoms with E-state index in [4.69, 9.17) is 15.5 Å².